The van der Waals surface area contributed by atoms with Crippen LogP contribution in [0.15, 0.2) is 12.2 Å². The summed E-state index contributed by atoms with van der Waals surface area (Å²) >= 11 is 0. The third-order valence-corrected chi connectivity index (χ3v) is 8.79. The van der Waals surface area contributed by atoms with Crippen molar-refractivity contribution in [2.45, 2.75) is 141 Å². The molecule has 2 unspecified atom stereocenters. The zero-order valence-electron chi connectivity index (χ0n) is 21.8. The first-order valence-corrected chi connectivity index (χ1v) is 14.6. The Hall–Kier alpha value is -0.240. The molecule has 0 radical (unpaired) electrons. The fourth-order valence-electron chi connectivity index (χ4n) is 4.65. The standard InChI is InChI=1S/C27H55NO2P/c1-6-8-9-10-11-12-13-14-15-16-17-18-19-20-21-22-23-24-25-26-27(7-2,31(29)30)28(3,4)5/h9-10H,6-8,11-26H2,1-5H3/q+1. The summed E-state index contributed by atoms with van der Waals surface area (Å²) in [5.74, 6) is 0. The van der Waals surface area contributed by atoms with Crippen molar-refractivity contribution in [3.8, 4) is 0 Å². The van der Waals surface area contributed by atoms with Gasteiger partial charge in [0.15, 0.2) is 0 Å². The largest absolute Gasteiger partial charge is 0.590 e. The molecule has 0 heterocycles. The molecule has 0 fully saturated rings. The van der Waals surface area contributed by atoms with Gasteiger partial charge < -0.3 is 4.89 Å². The van der Waals surface area contributed by atoms with Gasteiger partial charge >= 0.3 is 8.03 Å². The highest BCUT2D eigenvalue weighted by molar-refractivity contribution is 7.38. The fraction of sp³-hybridized carbons (Fsp3) is 0.926. The molecule has 0 rings (SSSR count). The quantitative estimate of drug-likeness (QED) is 0.0709. The molecule has 3 nitrogen and oxygen atoms in total. The number of rotatable bonds is 22. The predicted molar refractivity (Wildman–Crippen MR) is 137 cm³/mol. The van der Waals surface area contributed by atoms with Crippen molar-refractivity contribution in [1.82, 2.24) is 0 Å². The van der Waals surface area contributed by atoms with E-state index in [1.54, 1.807) is 0 Å². The van der Waals surface area contributed by atoms with Gasteiger partial charge in [0, 0.05) is 12.8 Å². The predicted octanol–water partition coefficient (Wildman–Crippen LogP) is 8.50. The Bertz CT molecular complexity index is 459. The van der Waals surface area contributed by atoms with Gasteiger partial charge in [0.1, 0.15) is 0 Å². The van der Waals surface area contributed by atoms with Gasteiger partial charge in [-0.05, 0) is 25.7 Å². The molecule has 0 saturated carbocycles. The molecule has 0 aromatic heterocycles. The molecule has 0 N–H and O–H groups in total. The van der Waals surface area contributed by atoms with Crippen molar-refractivity contribution < 1.29 is 13.9 Å². The van der Waals surface area contributed by atoms with Gasteiger partial charge in [-0.2, -0.15) is 0 Å². The van der Waals surface area contributed by atoms with E-state index in [9.17, 15) is 9.46 Å². The SMILES string of the molecule is CCCC=CCCCCCCCCCCCCCCCCC(CC)([P+](=O)[O-])[N+](C)(C)C. The minimum atomic E-state index is -2.41. The molecule has 0 bridgehead atoms. The number of hydrogen-bond acceptors (Lipinski definition) is 2. The zero-order valence-corrected chi connectivity index (χ0v) is 22.7. The zero-order chi connectivity index (χ0) is 23.4. The smallest absolute Gasteiger partial charge is 0.376 e. The van der Waals surface area contributed by atoms with Crippen LogP contribution in [0.25, 0.3) is 0 Å². The van der Waals surface area contributed by atoms with Crippen LogP contribution in [0.2, 0.25) is 0 Å². The van der Waals surface area contributed by atoms with Crippen LogP contribution < -0.4 is 4.89 Å². The third-order valence-electron chi connectivity index (χ3n) is 6.97. The molecule has 0 aliphatic carbocycles. The lowest BCUT2D eigenvalue weighted by Gasteiger charge is -2.39. The van der Waals surface area contributed by atoms with Crippen molar-refractivity contribution in [2.75, 3.05) is 21.1 Å². The summed E-state index contributed by atoms with van der Waals surface area (Å²) in [6, 6.07) is 0. The molecule has 0 spiro atoms. The van der Waals surface area contributed by atoms with Gasteiger partial charge in [-0.15, -0.1) is 0 Å². The molecule has 0 aliphatic heterocycles. The van der Waals surface area contributed by atoms with Crippen LogP contribution in [0.4, 0.5) is 0 Å². The molecule has 0 saturated heterocycles. The Kier molecular flexibility index (Phi) is 19.1. The van der Waals surface area contributed by atoms with E-state index < -0.39 is 13.3 Å². The Morgan fingerprint density at radius 2 is 1.06 bits per heavy atom. The van der Waals surface area contributed by atoms with Gasteiger partial charge in [-0.1, -0.05) is 114 Å². The summed E-state index contributed by atoms with van der Waals surface area (Å²) in [5, 5.41) is -0.596. The van der Waals surface area contributed by atoms with E-state index in [-0.39, 0.29) is 0 Å². The highest BCUT2D eigenvalue weighted by atomic mass is 31.1. The minimum Gasteiger partial charge on any atom is -0.590 e. The minimum absolute atomic E-state index is 0.512. The summed E-state index contributed by atoms with van der Waals surface area (Å²) in [6.45, 7) is 4.25. The topological polar surface area (TPSA) is 40.1 Å². The Morgan fingerprint density at radius 3 is 1.42 bits per heavy atom. The first-order valence-electron chi connectivity index (χ1n) is 13.4. The first kappa shape index (κ1) is 30.8. The van der Waals surface area contributed by atoms with E-state index in [0.717, 1.165) is 12.8 Å². The van der Waals surface area contributed by atoms with E-state index >= 15 is 0 Å². The maximum absolute atomic E-state index is 11.9. The Labute approximate surface area is 196 Å². The van der Waals surface area contributed by atoms with Crippen LogP contribution in [0.5, 0.6) is 0 Å². The van der Waals surface area contributed by atoms with Crippen LogP contribution in [-0.4, -0.2) is 30.9 Å². The van der Waals surface area contributed by atoms with Crippen LogP contribution in [0.3, 0.4) is 0 Å². The lowest BCUT2D eigenvalue weighted by molar-refractivity contribution is -0.910. The van der Waals surface area contributed by atoms with Crippen LogP contribution in [0.1, 0.15) is 136 Å². The Balaban J connectivity index is 3.50. The molecule has 0 aromatic rings. The second-order valence-corrected chi connectivity index (χ2v) is 11.7. The normalized spacial score (nSPS) is 14.8. The summed E-state index contributed by atoms with van der Waals surface area (Å²) in [5.41, 5.74) is 0. The summed E-state index contributed by atoms with van der Waals surface area (Å²) in [7, 11) is 3.63. The van der Waals surface area contributed by atoms with E-state index in [1.165, 1.54) is 103 Å². The third kappa shape index (κ3) is 14.5. The Morgan fingerprint density at radius 1 is 0.677 bits per heavy atom. The summed E-state index contributed by atoms with van der Waals surface area (Å²) < 4.78 is 12.5. The first-order chi connectivity index (χ1) is 14.8. The van der Waals surface area contributed by atoms with Crippen LogP contribution in [0, 0.1) is 0 Å². The monoisotopic (exact) mass is 456 g/mol. The summed E-state index contributed by atoms with van der Waals surface area (Å²) in [6.07, 6.45) is 28.6. The number of nitrogens with zero attached hydrogens (tertiary/aromatic N) is 1. The van der Waals surface area contributed by atoms with E-state index in [2.05, 4.69) is 19.1 Å². The molecule has 184 valence electrons. The molecule has 0 amide bonds. The molecule has 31 heavy (non-hydrogen) atoms. The van der Waals surface area contributed by atoms with Gasteiger partial charge in [0.05, 0.1) is 21.1 Å². The summed E-state index contributed by atoms with van der Waals surface area (Å²) in [4.78, 5) is 11.9. The maximum atomic E-state index is 11.9. The van der Waals surface area contributed by atoms with Crippen molar-refractivity contribution in [2.24, 2.45) is 0 Å². The van der Waals surface area contributed by atoms with E-state index in [0.29, 0.717) is 10.9 Å². The molecule has 2 atom stereocenters. The highest BCUT2D eigenvalue weighted by Gasteiger charge is 2.52. The highest BCUT2D eigenvalue weighted by Crippen LogP contribution is 2.44. The number of hydrogen-bond donors (Lipinski definition) is 0. The average molecular weight is 457 g/mol. The van der Waals surface area contributed by atoms with Gasteiger partial charge in [0.25, 0.3) is 5.28 Å². The lowest BCUT2D eigenvalue weighted by Crippen LogP contribution is -2.55. The molecule has 4 heteroatoms. The van der Waals surface area contributed by atoms with Crippen LogP contribution >= 0.6 is 8.03 Å². The second kappa shape index (κ2) is 19.2. The molecular weight excluding hydrogens is 401 g/mol. The van der Waals surface area contributed by atoms with Gasteiger partial charge in [-0.3, -0.25) is 4.48 Å². The van der Waals surface area contributed by atoms with E-state index in [4.69, 9.17) is 0 Å². The molecule has 0 aliphatic rings. The van der Waals surface area contributed by atoms with Gasteiger partial charge in [0.2, 0.25) is 0 Å². The maximum Gasteiger partial charge on any atom is 0.376 e. The second-order valence-electron chi connectivity index (χ2n) is 10.4. The van der Waals surface area contributed by atoms with Crippen molar-refractivity contribution in [3.05, 3.63) is 12.2 Å². The van der Waals surface area contributed by atoms with Crippen molar-refractivity contribution in [1.29, 1.82) is 0 Å². The lowest BCUT2D eigenvalue weighted by atomic mass is 10.0. The van der Waals surface area contributed by atoms with Crippen molar-refractivity contribution in [3.63, 3.8) is 0 Å². The molecule has 0 aromatic carbocycles. The van der Waals surface area contributed by atoms with Crippen molar-refractivity contribution >= 4 is 8.03 Å². The number of allylic oxidation sites excluding steroid dienone is 2. The number of unbranched alkanes of at least 4 members (excludes halogenated alkanes) is 15. The average Bonchev–Trinajstić information content (AvgIpc) is 2.71. The van der Waals surface area contributed by atoms with Gasteiger partial charge in [-0.25, -0.2) is 0 Å². The molecular formula is C27H55NO2P+. The fourth-order valence-corrected chi connectivity index (χ4v) is 5.73. The number of quaternary nitrogens is 1. The van der Waals surface area contributed by atoms with Crippen LogP contribution in [-0.2, 0) is 4.57 Å². The van der Waals surface area contributed by atoms with E-state index in [1.807, 2.05) is 28.1 Å².